The molecule has 0 aliphatic carbocycles. The summed E-state index contributed by atoms with van der Waals surface area (Å²) in [5.74, 6) is -0.136. The number of halogens is 2. The molecule has 1 nitrogen and oxygen atoms in total. The fraction of sp³-hybridized carbons (Fsp3) is 0.571. The fourth-order valence-corrected chi connectivity index (χ4v) is 2.31. The highest BCUT2D eigenvalue weighted by Crippen LogP contribution is 2.31. The number of nitrogens with one attached hydrogen (secondary N) is 1. The van der Waals surface area contributed by atoms with Gasteiger partial charge in [-0.2, -0.15) is 0 Å². The van der Waals surface area contributed by atoms with Gasteiger partial charge in [-0.3, -0.25) is 0 Å². The molecule has 1 rings (SSSR count). The van der Waals surface area contributed by atoms with Crippen LogP contribution in [0.3, 0.4) is 0 Å². The third kappa shape index (κ3) is 4.76. The van der Waals surface area contributed by atoms with E-state index in [0.717, 1.165) is 23.0 Å². The highest BCUT2D eigenvalue weighted by Gasteiger charge is 2.22. The summed E-state index contributed by atoms with van der Waals surface area (Å²) in [6.45, 7) is 9.41. The molecular weight excluding hydrogens is 281 g/mol. The van der Waals surface area contributed by atoms with Gasteiger partial charge in [0.25, 0.3) is 0 Å². The summed E-state index contributed by atoms with van der Waals surface area (Å²) in [7, 11) is 0. The van der Waals surface area contributed by atoms with Gasteiger partial charge in [-0.25, -0.2) is 4.39 Å². The molecule has 0 bridgehead atoms. The Labute approximate surface area is 112 Å². The van der Waals surface area contributed by atoms with Crippen LogP contribution in [0.4, 0.5) is 4.39 Å². The molecule has 1 aromatic rings. The molecule has 1 unspecified atom stereocenters. The summed E-state index contributed by atoms with van der Waals surface area (Å²) < 4.78 is 14.8. The van der Waals surface area contributed by atoms with Gasteiger partial charge < -0.3 is 5.32 Å². The van der Waals surface area contributed by atoms with Crippen molar-refractivity contribution in [2.75, 3.05) is 6.54 Å². The molecular formula is C14H21BrFN. The van der Waals surface area contributed by atoms with E-state index in [4.69, 9.17) is 0 Å². The third-order valence-corrected chi connectivity index (χ3v) is 3.09. The van der Waals surface area contributed by atoms with E-state index in [0.29, 0.717) is 0 Å². The lowest BCUT2D eigenvalue weighted by molar-refractivity contribution is 0.309. The summed E-state index contributed by atoms with van der Waals surface area (Å²) in [5.41, 5.74) is 0.915. The van der Waals surface area contributed by atoms with E-state index in [1.54, 1.807) is 6.07 Å². The van der Waals surface area contributed by atoms with Crippen LogP contribution < -0.4 is 5.32 Å². The first-order valence-electron chi connectivity index (χ1n) is 6.02. The van der Waals surface area contributed by atoms with E-state index in [9.17, 15) is 4.39 Å². The Balaban J connectivity index is 3.00. The first-order valence-corrected chi connectivity index (χ1v) is 6.81. The van der Waals surface area contributed by atoms with E-state index in [2.05, 4.69) is 42.0 Å². The van der Waals surface area contributed by atoms with Crippen molar-refractivity contribution in [3.05, 3.63) is 34.1 Å². The molecule has 1 N–H and O–H groups in total. The smallest absolute Gasteiger partial charge is 0.128 e. The van der Waals surface area contributed by atoms with Gasteiger partial charge in [-0.05, 0) is 36.6 Å². The van der Waals surface area contributed by atoms with Crippen LogP contribution in [0.5, 0.6) is 0 Å². The summed E-state index contributed by atoms with van der Waals surface area (Å²) >= 11 is 3.40. The summed E-state index contributed by atoms with van der Waals surface area (Å²) in [6.07, 6.45) is 0.911. The maximum Gasteiger partial charge on any atom is 0.128 e. The second kappa shape index (κ2) is 5.96. The largest absolute Gasteiger partial charge is 0.310 e. The molecule has 96 valence electrons. The van der Waals surface area contributed by atoms with E-state index >= 15 is 0 Å². The van der Waals surface area contributed by atoms with Crippen molar-refractivity contribution in [1.29, 1.82) is 0 Å². The van der Waals surface area contributed by atoms with Crippen molar-refractivity contribution < 1.29 is 4.39 Å². The second-order valence-corrected chi connectivity index (χ2v) is 6.46. The summed E-state index contributed by atoms with van der Waals surface area (Å²) in [5, 5.41) is 3.36. The highest BCUT2D eigenvalue weighted by atomic mass is 79.9. The fourth-order valence-electron chi connectivity index (χ4n) is 1.93. The molecule has 0 spiro atoms. The van der Waals surface area contributed by atoms with Crippen LogP contribution in [0.2, 0.25) is 0 Å². The monoisotopic (exact) mass is 301 g/mol. The predicted molar refractivity (Wildman–Crippen MR) is 74.6 cm³/mol. The zero-order chi connectivity index (χ0) is 13.1. The van der Waals surface area contributed by atoms with Gasteiger partial charge in [-0.1, -0.05) is 43.6 Å². The van der Waals surface area contributed by atoms with Gasteiger partial charge in [0.15, 0.2) is 0 Å². The molecule has 0 fully saturated rings. The maximum absolute atomic E-state index is 13.9. The maximum atomic E-state index is 13.9. The minimum atomic E-state index is -0.136. The van der Waals surface area contributed by atoms with Crippen molar-refractivity contribution in [3.63, 3.8) is 0 Å². The van der Waals surface area contributed by atoms with Crippen LogP contribution in [0.15, 0.2) is 22.7 Å². The molecule has 0 aliphatic rings. The zero-order valence-electron chi connectivity index (χ0n) is 11.0. The molecule has 0 aromatic heterocycles. The number of hydrogen-bond donors (Lipinski definition) is 1. The standard InChI is InChI=1S/C14H21BrFN/c1-5-17-13(9-14(2,3)4)11-8-10(15)6-7-12(11)16/h6-8,13,17H,5,9H2,1-4H3. The Morgan fingerprint density at radius 3 is 2.53 bits per heavy atom. The van der Waals surface area contributed by atoms with Gasteiger partial charge in [0, 0.05) is 16.1 Å². The second-order valence-electron chi connectivity index (χ2n) is 5.54. The van der Waals surface area contributed by atoms with Gasteiger partial charge in [0.1, 0.15) is 5.82 Å². The molecule has 0 saturated carbocycles. The normalized spacial score (nSPS) is 13.8. The van der Waals surface area contributed by atoms with Crippen molar-refractivity contribution in [2.24, 2.45) is 5.41 Å². The van der Waals surface area contributed by atoms with Gasteiger partial charge in [0.2, 0.25) is 0 Å². The predicted octanol–water partition coefficient (Wildman–Crippen LogP) is 4.68. The highest BCUT2D eigenvalue weighted by molar-refractivity contribution is 9.10. The lowest BCUT2D eigenvalue weighted by atomic mass is 9.85. The van der Waals surface area contributed by atoms with Crippen molar-refractivity contribution in [3.8, 4) is 0 Å². The van der Waals surface area contributed by atoms with Crippen LogP contribution in [0.1, 0.15) is 45.7 Å². The average Bonchev–Trinajstić information content (AvgIpc) is 2.19. The summed E-state index contributed by atoms with van der Waals surface area (Å²) in [6, 6.07) is 5.19. The lowest BCUT2D eigenvalue weighted by Crippen LogP contribution is -2.26. The number of rotatable bonds is 4. The lowest BCUT2D eigenvalue weighted by Gasteiger charge is -2.27. The Bertz CT molecular complexity index is 371. The SMILES string of the molecule is CCNC(CC(C)(C)C)c1cc(Br)ccc1F. The van der Waals surface area contributed by atoms with Crippen molar-refractivity contribution >= 4 is 15.9 Å². The van der Waals surface area contributed by atoms with E-state index < -0.39 is 0 Å². The zero-order valence-corrected chi connectivity index (χ0v) is 12.6. The van der Waals surface area contributed by atoms with E-state index in [1.807, 2.05) is 13.0 Å². The molecule has 0 saturated heterocycles. The minimum Gasteiger partial charge on any atom is -0.310 e. The van der Waals surface area contributed by atoms with Gasteiger partial charge in [0.05, 0.1) is 0 Å². The Hall–Kier alpha value is -0.410. The first kappa shape index (κ1) is 14.7. The molecule has 17 heavy (non-hydrogen) atoms. The van der Waals surface area contributed by atoms with Crippen LogP contribution in [0.25, 0.3) is 0 Å². The molecule has 0 heterocycles. The number of hydrogen-bond acceptors (Lipinski definition) is 1. The molecule has 0 amide bonds. The molecule has 1 aromatic carbocycles. The van der Waals surface area contributed by atoms with Crippen molar-refractivity contribution in [1.82, 2.24) is 5.32 Å². The molecule has 3 heteroatoms. The molecule has 0 radical (unpaired) electrons. The van der Waals surface area contributed by atoms with Crippen molar-refractivity contribution in [2.45, 2.75) is 40.2 Å². The average molecular weight is 302 g/mol. The Morgan fingerprint density at radius 2 is 2.00 bits per heavy atom. The van der Waals surface area contributed by atoms with E-state index in [-0.39, 0.29) is 17.3 Å². The van der Waals surface area contributed by atoms with Crippen LogP contribution in [-0.4, -0.2) is 6.54 Å². The van der Waals surface area contributed by atoms with Crippen LogP contribution in [0, 0.1) is 11.2 Å². The third-order valence-electron chi connectivity index (χ3n) is 2.60. The topological polar surface area (TPSA) is 12.0 Å². The summed E-state index contributed by atoms with van der Waals surface area (Å²) in [4.78, 5) is 0. The van der Waals surface area contributed by atoms with E-state index in [1.165, 1.54) is 6.07 Å². The minimum absolute atomic E-state index is 0.0671. The Kier molecular flexibility index (Phi) is 5.14. The van der Waals surface area contributed by atoms with Crippen LogP contribution >= 0.6 is 15.9 Å². The number of benzene rings is 1. The molecule has 0 aliphatic heterocycles. The quantitative estimate of drug-likeness (QED) is 0.852. The first-order chi connectivity index (χ1) is 7.83. The van der Waals surface area contributed by atoms with Gasteiger partial charge >= 0.3 is 0 Å². The van der Waals surface area contributed by atoms with Gasteiger partial charge in [-0.15, -0.1) is 0 Å². The molecule has 1 atom stereocenters. The Morgan fingerprint density at radius 1 is 1.35 bits per heavy atom. The van der Waals surface area contributed by atoms with Crippen LogP contribution in [-0.2, 0) is 0 Å².